The second kappa shape index (κ2) is 13.3. The van der Waals surface area contributed by atoms with Gasteiger partial charge in [-0.05, 0) is 83.9 Å². The van der Waals surface area contributed by atoms with Crippen LogP contribution in [0, 0.1) is 0 Å². The van der Waals surface area contributed by atoms with Gasteiger partial charge in [0.2, 0.25) is 9.84 Å². The van der Waals surface area contributed by atoms with Crippen LogP contribution in [-0.2, 0) is 28.8 Å². The van der Waals surface area contributed by atoms with E-state index >= 15 is 0 Å². The molecule has 4 aromatic rings. The van der Waals surface area contributed by atoms with Gasteiger partial charge in [-0.3, -0.25) is 9.98 Å². The number of rotatable bonds is 12. The smallest absolute Gasteiger partial charge is 0.338 e. The third-order valence-electron chi connectivity index (χ3n) is 6.92. The largest absolute Gasteiger partial charge is 0.459 e. The summed E-state index contributed by atoms with van der Waals surface area (Å²) in [4.78, 5) is 33.2. The Kier molecular flexibility index (Phi) is 8.92. The molecule has 0 radical (unpaired) electrons. The van der Waals surface area contributed by atoms with E-state index in [1.54, 1.807) is 85.2 Å². The Balaban J connectivity index is 1.03. The molecule has 2 aliphatic rings. The van der Waals surface area contributed by atoms with E-state index < -0.39 is 21.8 Å². The number of esters is 2. The lowest BCUT2D eigenvalue weighted by molar-refractivity contribution is 0.0468. The van der Waals surface area contributed by atoms with E-state index in [0.29, 0.717) is 35.7 Å². The summed E-state index contributed by atoms with van der Waals surface area (Å²) < 4.78 is 46.8. The number of carbonyl (C=O) groups excluding carboxylic acids is 2. The zero-order valence-electron chi connectivity index (χ0n) is 23.9. The van der Waals surface area contributed by atoms with Gasteiger partial charge >= 0.3 is 11.9 Å². The maximum absolute atomic E-state index is 13.2. The predicted molar refractivity (Wildman–Crippen MR) is 166 cm³/mol. The molecule has 0 bridgehead atoms. The molecule has 2 fully saturated rings. The maximum atomic E-state index is 13.2. The minimum absolute atomic E-state index is 0.0116. The van der Waals surface area contributed by atoms with Crippen LogP contribution in [0.5, 0.6) is 0 Å². The Labute approximate surface area is 259 Å². The van der Waals surface area contributed by atoms with Gasteiger partial charge in [0.15, 0.2) is 0 Å². The lowest BCUT2D eigenvalue weighted by Crippen LogP contribution is -2.09. The molecule has 4 aromatic carbocycles. The van der Waals surface area contributed by atoms with Crippen molar-refractivity contribution in [2.45, 2.75) is 22.0 Å². The number of sulfone groups is 1. The van der Waals surface area contributed by atoms with E-state index in [-0.39, 0.29) is 35.2 Å². The van der Waals surface area contributed by atoms with E-state index in [2.05, 4.69) is 9.98 Å². The molecule has 228 valence electrons. The Bertz CT molecular complexity index is 1700. The number of nitrogens with zero attached hydrogens (tertiary/aromatic N) is 2. The zero-order chi connectivity index (χ0) is 31.2. The highest BCUT2D eigenvalue weighted by atomic mass is 32.2. The number of hydrogen-bond donors (Lipinski definition) is 0. The molecule has 2 unspecified atom stereocenters. The molecule has 0 amide bonds. The van der Waals surface area contributed by atoms with Gasteiger partial charge in [0.25, 0.3) is 0 Å². The highest BCUT2D eigenvalue weighted by Crippen LogP contribution is 2.25. The molecule has 0 N–H and O–H groups in total. The number of ether oxygens (including phenoxy) is 4. The normalized spacial score (nSPS) is 17.3. The minimum Gasteiger partial charge on any atom is -0.459 e. The Morgan fingerprint density at radius 2 is 0.978 bits per heavy atom. The van der Waals surface area contributed by atoms with E-state index in [0.717, 1.165) is 11.1 Å². The van der Waals surface area contributed by atoms with Gasteiger partial charge < -0.3 is 18.9 Å². The molecule has 11 heteroatoms. The standard InChI is InChI=1S/C34H28N2O8S/c37-33(43-21-29-19-41-29)25-5-1-23(2-6-25)17-35-27-9-13-31(14-10-27)45(39,40)32-15-11-28(12-16-32)36-18-24-3-7-26(8-4-24)34(38)44-22-30-20-42-30/h1-18,29-30H,19-22H2. The SMILES string of the molecule is O=C(OCC1CO1)c1ccc(C=Nc2ccc(S(=O)(=O)c3ccc(N=Cc4ccc(C(=O)OCC5CO5)cc4)cc3)cc2)cc1. The summed E-state index contributed by atoms with van der Waals surface area (Å²) in [5.41, 5.74) is 3.57. The summed E-state index contributed by atoms with van der Waals surface area (Å²) in [6, 6.07) is 26.2. The van der Waals surface area contributed by atoms with Crippen molar-refractivity contribution in [3.63, 3.8) is 0 Å². The van der Waals surface area contributed by atoms with Crippen LogP contribution in [0.15, 0.2) is 117 Å². The van der Waals surface area contributed by atoms with Gasteiger partial charge in [0, 0.05) is 12.4 Å². The quantitative estimate of drug-likeness (QED) is 0.120. The summed E-state index contributed by atoms with van der Waals surface area (Å²) in [5.74, 6) is -0.813. The van der Waals surface area contributed by atoms with Crippen molar-refractivity contribution in [1.82, 2.24) is 0 Å². The lowest BCUT2D eigenvalue weighted by Gasteiger charge is -2.06. The second-order valence-corrected chi connectivity index (χ2v) is 12.3. The average molecular weight is 625 g/mol. The molecule has 0 aliphatic carbocycles. The van der Waals surface area contributed by atoms with Crippen molar-refractivity contribution < 1.29 is 37.0 Å². The molecular formula is C34H28N2O8S. The number of aliphatic imine (C=N–C) groups is 2. The van der Waals surface area contributed by atoms with Crippen molar-refractivity contribution in [2.75, 3.05) is 26.4 Å². The Morgan fingerprint density at radius 1 is 0.622 bits per heavy atom. The van der Waals surface area contributed by atoms with Gasteiger partial charge in [0.1, 0.15) is 25.4 Å². The first-order chi connectivity index (χ1) is 21.8. The van der Waals surface area contributed by atoms with E-state index in [1.165, 1.54) is 24.3 Å². The van der Waals surface area contributed by atoms with Crippen LogP contribution in [0.1, 0.15) is 31.8 Å². The maximum Gasteiger partial charge on any atom is 0.338 e. The monoisotopic (exact) mass is 624 g/mol. The third kappa shape index (κ3) is 8.15. The molecule has 2 aliphatic heterocycles. The van der Waals surface area contributed by atoms with E-state index in [1.807, 2.05) is 0 Å². The van der Waals surface area contributed by atoms with Crippen molar-refractivity contribution in [2.24, 2.45) is 9.98 Å². The van der Waals surface area contributed by atoms with Crippen LogP contribution >= 0.6 is 0 Å². The highest BCUT2D eigenvalue weighted by Gasteiger charge is 2.25. The minimum atomic E-state index is -3.75. The Hall–Kier alpha value is -4.97. The molecule has 2 heterocycles. The van der Waals surface area contributed by atoms with Crippen molar-refractivity contribution >= 4 is 45.6 Å². The van der Waals surface area contributed by atoms with Gasteiger partial charge in [-0.1, -0.05) is 24.3 Å². The van der Waals surface area contributed by atoms with Crippen LogP contribution < -0.4 is 0 Å². The number of carbonyl (C=O) groups is 2. The van der Waals surface area contributed by atoms with Gasteiger partial charge in [0.05, 0.1) is 45.5 Å². The van der Waals surface area contributed by atoms with E-state index in [4.69, 9.17) is 18.9 Å². The molecule has 2 saturated heterocycles. The zero-order valence-corrected chi connectivity index (χ0v) is 24.8. The summed E-state index contributed by atoms with van der Waals surface area (Å²) in [6.07, 6.45) is 3.28. The molecule has 10 nitrogen and oxygen atoms in total. The summed E-state index contributed by atoms with van der Waals surface area (Å²) >= 11 is 0. The van der Waals surface area contributed by atoms with Crippen molar-refractivity contribution in [3.8, 4) is 0 Å². The van der Waals surface area contributed by atoms with Gasteiger partial charge in [-0.15, -0.1) is 0 Å². The fourth-order valence-corrected chi connectivity index (χ4v) is 5.36. The van der Waals surface area contributed by atoms with Crippen molar-refractivity contribution in [1.29, 1.82) is 0 Å². The first kappa shape index (κ1) is 30.1. The summed E-state index contributed by atoms with van der Waals surface area (Å²) in [6.45, 7) is 1.75. The average Bonchev–Trinajstić information content (AvgIpc) is 4.01. The van der Waals surface area contributed by atoms with Crippen LogP contribution in [0.4, 0.5) is 11.4 Å². The molecule has 0 spiro atoms. The van der Waals surface area contributed by atoms with Crippen LogP contribution in [0.2, 0.25) is 0 Å². The fourth-order valence-electron chi connectivity index (χ4n) is 4.10. The topological polar surface area (TPSA) is 137 Å². The highest BCUT2D eigenvalue weighted by molar-refractivity contribution is 7.91. The molecule has 0 saturated carbocycles. The molecular weight excluding hydrogens is 596 g/mol. The van der Waals surface area contributed by atoms with Crippen LogP contribution in [-0.4, -0.2) is 71.4 Å². The van der Waals surface area contributed by atoms with E-state index in [9.17, 15) is 18.0 Å². The summed E-state index contributed by atoms with van der Waals surface area (Å²) in [7, 11) is -3.75. The van der Waals surface area contributed by atoms with Crippen LogP contribution in [0.25, 0.3) is 0 Å². The number of hydrogen-bond acceptors (Lipinski definition) is 10. The third-order valence-corrected chi connectivity index (χ3v) is 8.70. The molecule has 2 atom stereocenters. The number of epoxide rings is 2. The van der Waals surface area contributed by atoms with Gasteiger partial charge in [-0.2, -0.15) is 0 Å². The Morgan fingerprint density at radius 3 is 1.31 bits per heavy atom. The van der Waals surface area contributed by atoms with Crippen molar-refractivity contribution in [3.05, 3.63) is 119 Å². The van der Waals surface area contributed by atoms with Gasteiger partial charge in [-0.25, -0.2) is 18.0 Å². The molecule has 0 aromatic heterocycles. The summed E-state index contributed by atoms with van der Waals surface area (Å²) in [5, 5.41) is 0. The molecule has 6 rings (SSSR count). The van der Waals surface area contributed by atoms with Crippen LogP contribution in [0.3, 0.4) is 0 Å². The first-order valence-corrected chi connectivity index (χ1v) is 15.6. The lowest BCUT2D eigenvalue weighted by atomic mass is 10.1. The second-order valence-electron chi connectivity index (χ2n) is 10.4. The predicted octanol–water partition coefficient (Wildman–Crippen LogP) is 5.13. The number of benzene rings is 4. The molecule has 45 heavy (non-hydrogen) atoms. The first-order valence-electron chi connectivity index (χ1n) is 14.1. The fraction of sp³-hybridized carbons (Fsp3) is 0.176.